The molecule has 1 heterocycles. The third-order valence-electron chi connectivity index (χ3n) is 1.68. The lowest BCUT2D eigenvalue weighted by atomic mass is 10.2. The van der Waals surface area contributed by atoms with Gasteiger partial charge in [0.25, 0.3) is 0 Å². The van der Waals surface area contributed by atoms with Gasteiger partial charge in [-0.3, -0.25) is 4.98 Å². The first kappa shape index (κ1) is 12.2. The van der Waals surface area contributed by atoms with Crippen LogP contribution < -0.4 is 5.73 Å². The van der Waals surface area contributed by atoms with Crippen LogP contribution in [-0.2, 0) is 9.23 Å². The number of fused-ring (bicyclic) bond motifs is 1. The molecule has 2 N–H and O–H groups in total. The summed E-state index contributed by atoms with van der Waals surface area (Å²) in [5.74, 6) is 0. The van der Waals surface area contributed by atoms with E-state index in [1.807, 2.05) is 30.3 Å². The summed E-state index contributed by atoms with van der Waals surface area (Å²) in [4.78, 5) is 4.16. The number of nitrogens with two attached hydrogens (primary N) is 1. The number of nitrogen functional groups attached to an aromatic ring is 1. The highest BCUT2D eigenvalue weighted by atomic mass is 36.0. The molecular formula is C9H8Cl2N2OS. The second kappa shape index (κ2) is 5.90. The van der Waals surface area contributed by atoms with Crippen molar-refractivity contribution in [2.45, 2.75) is 0 Å². The Labute approximate surface area is 98.7 Å². The molecule has 80 valence electrons. The van der Waals surface area contributed by atoms with Crippen molar-refractivity contribution in [3.8, 4) is 0 Å². The van der Waals surface area contributed by atoms with E-state index in [9.17, 15) is 0 Å². The summed E-state index contributed by atoms with van der Waals surface area (Å²) in [5.41, 5.74) is 7.46. The lowest BCUT2D eigenvalue weighted by Crippen LogP contribution is -1.87. The standard InChI is InChI=1S/C9H8N2.Cl2OS/c10-8-5-6-11-9-4-2-1-3-7(8)9;1-4(2)3/h1-6H,(H2,10,11);. The number of nitrogens with zero attached hydrogens (tertiary/aromatic N) is 1. The van der Waals surface area contributed by atoms with Gasteiger partial charge < -0.3 is 5.73 Å². The zero-order valence-corrected chi connectivity index (χ0v) is 9.89. The van der Waals surface area contributed by atoms with E-state index in [-0.39, 0.29) is 0 Å². The molecule has 15 heavy (non-hydrogen) atoms. The summed E-state index contributed by atoms with van der Waals surface area (Å²) >= 11 is 0. The zero-order chi connectivity index (χ0) is 11.3. The Morgan fingerprint density at radius 3 is 2.40 bits per heavy atom. The number of hydrogen-bond donors (Lipinski definition) is 1. The van der Waals surface area contributed by atoms with Crippen LogP contribution in [0.2, 0.25) is 0 Å². The quantitative estimate of drug-likeness (QED) is 0.743. The van der Waals surface area contributed by atoms with Crippen LogP contribution in [0.15, 0.2) is 36.5 Å². The van der Waals surface area contributed by atoms with E-state index >= 15 is 0 Å². The summed E-state index contributed by atoms with van der Waals surface area (Å²) in [6, 6.07) is 9.64. The number of para-hydroxylation sites is 1. The minimum atomic E-state index is -1.67. The molecule has 0 aliphatic carbocycles. The van der Waals surface area contributed by atoms with Crippen LogP contribution in [0.1, 0.15) is 0 Å². The molecule has 0 saturated carbocycles. The summed E-state index contributed by atoms with van der Waals surface area (Å²) < 4.78 is 9.09. The van der Waals surface area contributed by atoms with Crippen molar-refractivity contribution in [3.63, 3.8) is 0 Å². The molecular weight excluding hydrogens is 255 g/mol. The second-order valence-corrected chi connectivity index (χ2v) is 5.13. The molecule has 2 aromatic rings. The third kappa shape index (κ3) is 4.03. The number of rotatable bonds is 0. The van der Waals surface area contributed by atoms with E-state index in [1.165, 1.54) is 0 Å². The van der Waals surface area contributed by atoms with Gasteiger partial charge in [0.05, 0.1) is 5.52 Å². The molecule has 2 rings (SSSR count). The maximum absolute atomic E-state index is 9.09. The molecule has 0 spiro atoms. The first-order valence-electron chi connectivity index (χ1n) is 3.95. The SMILES string of the molecule is Nc1ccnc2ccccc12.O=S(Cl)Cl. The molecule has 0 aliphatic heterocycles. The van der Waals surface area contributed by atoms with Gasteiger partial charge in [-0.1, -0.05) is 18.2 Å². The summed E-state index contributed by atoms with van der Waals surface area (Å²) in [6.07, 6.45) is 1.72. The molecule has 0 saturated heterocycles. The Morgan fingerprint density at radius 1 is 1.20 bits per heavy atom. The molecule has 0 unspecified atom stereocenters. The van der Waals surface area contributed by atoms with Crippen LogP contribution in [0.4, 0.5) is 5.69 Å². The van der Waals surface area contributed by atoms with Crippen LogP contribution in [0.3, 0.4) is 0 Å². The maximum atomic E-state index is 9.09. The van der Waals surface area contributed by atoms with Crippen molar-refractivity contribution < 1.29 is 4.21 Å². The predicted molar refractivity (Wildman–Crippen MR) is 66.0 cm³/mol. The molecule has 0 radical (unpaired) electrons. The average molecular weight is 263 g/mol. The Balaban J connectivity index is 0.000000245. The average Bonchev–Trinajstić information content (AvgIpc) is 2.18. The Kier molecular flexibility index (Phi) is 4.81. The Bertz CT molecular complexity index is 469. The normalized spacial score (nSPS) is 9.80. The molecule has 0 amide bonds. The van der Waals surface area contributed by atoms with Gasteiger partial charge in [0.15, 0.2) is 0 Å². The highest BCUT2D eigenvalue weighted by molar-refractivity contribution is 8.26. The molecule has 1 aromatic heterocycles. The zero-order valence-electron chi connectivity index (χ0n) is 7.56. The molecule has 0 atom stereocenters. The van der Waals surface area contributed by atoms with Crippen molar-refractivity contribution in [1.82, 2.24) is 4.98 Å². The van der Waals surface area contributed by atoms with Crippen molar-refractivity contribution in [3.05, 3.63) is 36.5 Å². The Morgan fingerprint density at radius 2 is 1.80 bits per heavy atom. The van der Waals surface area contributed by atoms with Crippen molar-refractivity contribution in [1.29, 1.82) is 0 Å². The van der Waals surface area contributed by atoms with E-state index in [0.29, 0.717) is 0 Å². The first-order chi connectivity index (χ1) is 7.11. The third-order valence-corrected chi connectivity index (χ3v) is 1.68. The number of benzene rings is 1. The lowest BCUT2D eigenvalue weighted by Gasteiger charge is -1.97. The molecule has 0 fully saturated rings. The van der Waals surface area contributed by atoms with Crippen LogP contribution in [0.25, 0.3) is 10.9 Å². The van der Waals surface area contributed by atoms with Gasteiger partial charge >= 0.3 is 0 Å². The minimum absolute atomic E-state index is 0.788. The van der Waals surface area contributed by atoms with Gasteiger partial charge in [-0.15, -0.1) is 0 Å². The van der Waals surface area contributed by atoms with Gasteiger partial charge in [-0.05, 0) is 12.1 Å². The topological polar surface area (TPSA) is 56.0 Å². The number of pyridine rings is 1. The van der Waals surface area contributed by atoms with E-state index in [0.717, 1.165) is 16.6 Å². The van der Waals surface area contributed by atoms with Crippen molar-refractivity contribution in [2.24, 2.45) is 0 Å². The summed E-state index contributed by atoms with van der Waals surface area (Å²) in [6.45, 7) is 0. The van der Waals surface area contributed by atoms with Crippen molar-refractivity contribution >= 4 is 47.2 Å². The van der Waals surface area contributed by atoms with Crippen LogP contribution in [0, 0.1) is 0 Å². The highest BCUT2D eigenvalue weighted by Gasteiger charge is 1.94. The number of anilines is 1. The molecule has 3 nitrogen and oxygen atoms in total. The first-order valence-corrected chi connectivity index (χ1v) is 6.75. The predicted octanol–water partition coefficient (Wildman–Crippen LogP) is 2.86. The van der Waals surface area contributed by atoms with E-state index < -0.39 is 9.23 Å². The Hall–Kier alpha value is -0.840. The van der Waals surface area contributed by atoms with Crippen LogP contribution in [-0.4, -0.2) is 9.19 Å². The molecule has 0 bridgehead atoms. The maximum Gasteiger partial charge on any atom is 0.211 e. The van der Waals surface area contributed by atoms with E-state index in [2.05, 4.69) is 26.3 Å². The van der Waals surface area contributed by atoms with Gasteiger partial charge in [0.1, 0.15) is 0 Å². The van der Waals surface area contributed by atoms with Crippen molar-refractivity contribution in [2.75, 3.05) is 5.73 Å². The number of aromatic nitrogens is 1. The molecule has 1 aromatic carbocycles. The highest BCUT2D eigenvalue weighted by Crippen LogP contribution is 2.16. The van der Waals surface area contributed by atoms with Crippen LogP contribution in [0.5, 0.6) is 0 Å². The number of hydrogen-bond acceptors (Lipinski definition) is 3. The fourth-order valence-electron chi connectivity index (χ4n) is 1.12. The molecule has 6 heteroatoms. The van der Waals surface area contributed by atoms with Gasteiger partial charge in [-0.25, -0.2) is 4.21 Å². The summed E-state index contributed by atoms with van der Waals surface area (Å²) in [5, 5.41) is 1.02. The van der Waals surface area contributed by atoms with Gasteiger partial charge in [0, 0.05) is 38.6 Å². The monoisotopic (exact) mass is 262 g/mol. The minimum Gasteiger partial charge on any atom is -0.398 e. The number of halogens is 2. The van der Waals surface area contributed by atoms with Gasteiger partial charge in [0.2, 0.25) is 9.23 Å². The largest absolute Gasteiger partial charge is 0.398 e. The molecule has 0 aliphatic rings. The fraction of sp³-hybridized carbons (Fsp3) is 0. The van der Waals surface area contributed by atoms with Crippen LogP contribution >= 0.6 is 21.4 Å². The fourth-order valence-corrected chi connectivity index (χ4v) is 1.12. The lowest BCUT2D eigenvalue weighted by molar-refractivity contribution is 0.698. The van der Waals surface area contributed by atoms with E-state index in [1.54, 1.807) is 6.20 Å². The van der Waals surface area contributed by atoms with E-state index in [4.69, 9.17) is 9.94 Å². The second-order valence-electron chi connectivity index (χ2n) is 2.60. The van der Waals surface area contributed by atoms with Gasteiger partial charge in [-0.2, -0.15) is 0 Å². The smallest absolute Gasteiger partial charge is 0.211 e. The summed E-state index contributed by atoms with van der Waals surface area (Å²) in [7, 11) is 7.36.